The molecule has 0 atom stereocenters. The lowest BCUT2D eigenvalue weighted by Gasteiger charge is -2.15. The van der Waals surface area contributed by atoms with Crippen molar-refractivity contribution in [1.29, 1.82) is 0 Å². The van der Waals surface area contributed by atoms with E-state index < -0.39 is 0 Å². The van der Waals surface area contributed by atoms with Crippen LogP contribution < -0.4 is 14.2 Å². The van der Waals surface area contributed by atoms with E-state index in [1.165, 1.54) is 50.1 Å². The standard InChI is InChI=1S/C30H36O3S3/c1-19-7-25-16-35-15-24-12-30(33-6)27(9-21(24)3)18-36-17-26-8-20(2)23(11-29(26)32-5)14-34-13-22(19)10-28(25)31-4/h7-12H,13-18H2,1-6H3. The van der Waals surface area contributed by atoms with E-state index in [0.29, 0.717) is 0 Å². The summed E-state index contributed by atoms with van der Waals surface area (Å²) in [6.07, 6.45) is 0. The van der Waals surface area contributed by atoms with Crippen molar-refractivity contribution in [2.45, 2.75) is 55.3 Å². The molecule has 0 N–H and O–H groups in total. The molecule has 0 aliphatic carbocycles. The number of benzene rings is 3. The number of methoxy groups -OCH3 is 3. The monoisotopic (exact) mass is 540 g/mol. The summed E-state index contributed by atoms with van der Waals surface area (Å²) in [5.74, 6) is 8.52. The maximum Gasteiger partial charge on any atom is 0.123 e. The van der Waals surface area contributed by atoms with Crippen molar-refractivity contribution in [2.75, 3.05) is 21.3 Å². The maximum atomic E-state index is 5.81. The summed E-state index contributed by atoms with van der Waals surface area (Å²) in [6.45, 7) is 6.64. The fraction of sp³-hybridized carbons (Fsp3) is 0.400. The van der Waals surface area contributed by atoms with Crippen molar-refractivity contribution in [1.82, 2.24) is 0 Å². The van der Waals surface area contributed by atoms with Crippen LogP contribution in [0.3, 0.4) is 0 Å². The van der Waals surface area contributed by atoms with Gasteiger partial charge >= 0.3 is 0 Å². The van der Waals surface area contributed by atoms with Crippen LogP contribution in [0, 0.1) is 20.8 Å². The number of hydrogen-bond acceptors (Lipinski definition) is 6. The van der Waals surface area contributed by atoms with Crippen LogP contribution in [0.1, 0.15) is 50.1 Å². The third kappa shape index (κ3) is 6.32. The van der Waals surface area contributed by atoms with E-state index >= 15 is 0 Å². The molecule has 6 bridgehead atoms. The fourth-order valence-corrected chi connectivity index (χ4v) is 7.79. The van der Waals surface area contributed by atoms with Gasteiger partial charge in [-0.15, -0.1) is 0 Å². The Kier molecular flexibility index (Phi) is 9.48. The van der Waals surface area contributed by atoms with Crippen LogP contribution in [0.15, 0.2) is 36.4 Å². The van der Waals surface area contributed by atoms with E-state index in [2.05, 4.69) is 57.2 Å². The third-order valence-corrected chi connectivity index (χ3v) is 9.85. The van der Waals surface area contributed by atoms with Crippen LogP contribution in [-0.2, 0) is 34.5 Å². The Bertz CT molecular complexity index is 1220. The van der Waals surface area contributed by atoms with E-state index in [4.69, 9.17) is 14.2 Å². The quantitative estimate of drug-likeness (QED) is 0.332. The van der Waals surface area contributed by atoms with Crippen molar-refractivity contribution in [2.24, 2.45) is 0 Å². The molecule has 0 unspecified atom stereocenters. The number of thioether (sulfide) groups is 3. The van der Waals surface area contributed by atoms with Crippen molar-refractivity contribution >= 4 is 35.3 Å². The highest BCUT2D eigenvalue weighted by atomic mass is 32.2. The van der Waals surface area contributed by atoms with Crippen molar-refractivity contribution in [3.8, 4) is 17.2 Å². The molecule has 6 aliphatic heterocycles. The molecule has 9 rings (SSSR count). The van der Waals surface area contributed by atoms with Gasteiger partial charge in [0.05, 0.1) is 21.3 Å². The van der Waals surface area contributed by atoms with Crippen LogP contribution in [0.2, 0.25) is 0 Å². The van der Waals surface area contributed by atoms with Gasteiger partial charge in [0.25, 0.3) is 0 Å². The maximum absolute atomic E-state index is 5.81. The molecule has 3 nitrogen and oxygen atoms in total. The highest BCUT2D eigenvalue weighted by Crippen LogP contribution is 2.36. The van der Waals surface area contributed by atoms with Crippen molar-refractivity contribution in [3.63, 3.8) is 0 Å². The first kappa shape index (κ1) is 27.2. The van der Waals surface area contributed by atoms with Crippen LogP contribution in [0.5, 0.6) is 17.2 Å². The van der Waals surface area contributed by atoms with E-state index in [9.17, 15) is 0 Å². The SMILES string of the molecule is COc1cc2c(C)cc1CSCc1cc(OC)c(cc1C)CSCc1cc(C)c(cc1OC)CSC2. The fourth-order valence-electron chi connectivity index (χ4n) is 4.56. The van der Waals surface area contributed by atoms with Gasteiger partial charge < -0.3 is 14.2 Å². The van der Waals surface area contributed by atoms with Crippen molar-refractivity contribution in [3.05, 3.63) is 86.5 Å². The van der Waals surface area contributed by atoms with E-state index in [-0.39, 0.29) is 0 Å². The van der Waals surface area contributed by atoms with Gasteiger partial charge in [-0.3, -0.25) is 0 Å². The predicted molar refractivity (Wildman–Crippen MR) is 158 cm³/mol. The van der Waals surface area contributed by atoms with Gasteiger partial charge in [0, 0.05) is 51.2 Å². The van der Waals surface area contributed by atoms with Gasteiger partial charge in [0.2, 0.25) is 0 Å². The molecule has 0 spiro atoms. The number of rotatable bonds is 3. The Hall–Kier alpha value is -1.89. The molecule has 0 fully saturated rings. The minimum atomic E-state index is 0.903. The molecule has 0 saturated heterocycles. The lowest BCUT2D eigenvalue weighted by molar-refractivity contribution is 0.410. The predicted octanol–water partition coefficient (Wildman–Crippen LogP) is 8.25. The van der Waals surface area contributed by atoms with Crippen LogP contribution >= 0.6 is 35.3 Å². The molecule has 3 aromatic rings. The van der Waals surface area contributed by atoms with E-state index in [1.54, 1.807) is 21.3 Å². The molecular formula is C30H36O3S3. The smallest absolute Gasteiger partial charge is 0.123 e. The summed E-state index contributed by atoms with van der Waals surface area (Å²) in [5.41, 5.74) is 11.7. The molecule has 6 heterocycles. The van der Waals surface area contributed by atoms with Gasteiger partial charge in [0.1, 0.15) is 17.2 Å². The average Bonchev–Trinajstić information content (AvgIpc) is 2.87. The van der Waals surface area contributed by atoms with Gasteiger partial charge in [-0.05, 0) is 72.4 Å². The summed E-state index contributed by atoms with van der Waals surface area (Å²) in [6, 6.07) is 13.6. The van der Waals surface area contributed by atoms with Crippen molar-refractivity contribution < 1.29 is 14.2 Å². The molecule has 3 aromatic carbocycles. The Morgan fingerprint density at radius 2 is 0.667 bits per heavy atom. The Balaban J connectivity index is 1.71. The second kappa shape index (κ2) is 12.6. The summed E-state index contributed by atoms with van der Waals surface area (Å²) >= 11 is 5.78. The first-order chi connectivity index (χ1) is 17.4. The Morgan fingerprint density at radius 1 is 0.417 bits per heavy atom. The Labute approximate surface area is 229 Å². The highest BCUT2D eigenvalue weighted by Gasteiger charge is 2.14. The topological polar surface area (TPSA) is 27.7 Å². The largest absolute Gasteiger partial charge is 0.496 e. The second-order valence-corrected chi connectivity index (χ2v) is 12.2. The van der Waals surface area contributed by atoms with Gasteiger partial charge in [-0.2, -0.15) is 35.3 Å². The summed E-state index contributed by atoms with van der Waals surface area (Å²) in [7, 11) is 5.33. The zero-order valence-corrected chi connectivity index (χ0v) is 24.6. The summed E-state index contributed by atoms with van der Waals surface area (Å²) < 4.78 is 17.4. The number of aryl methyl sites for hydroxylation is 3. The molecule has 36 heavy (non-hydrogen) atoms. The minimum Gasteiger partial charge on any atom is -0.496 e. The van der Waals surface area contributed by atoms with Gasteiger partial charge in [0.15, 0.2) is 0 Å². The minimum absolute atomic E-state index is 0.903. The van der Waals surface area contributed by atoms with Crippen LogP contribution in [0.25, 0.3) is 0 Å². The lowest BCUT2D eigenvalue weighted by Crippen LogP contribution is -1.98. The molecular weight excluding hydrogens is 505 g/mol. The molecule has 0 amide bonds. The molecule has 6 heteroatoms. The summed E-state index contributed by atoms with van der Waals surface area (Å²) in [5, 5.41) is 0. The first-order valence-electron chi connectivity index (χ1n) is 12.2. The molecule has 192 valence electrons. The zero-order valence-electron chi connectivity index (χ0n) is 22.2. The van der Waals surface area contributed by atoms with E-state index in [0.717, 1.165) is 51.8 Å². The molecule has 6 aliphatic rings. The van der Waals surface area contributed by atoms with Gasteiger partial charge in [-0.25, -0.2) is 0 Å². The normalized spacial score (nSPS) is 14.5. The second-order valence-electron chi connectivity index (χ2n) is 9.25. The molecule has 0 radical (unpaired) electrons. The molecule has 0 aromatic heterocycles. The third-order valence-electron chi connectivity index (χ3n) is 6.76. The Morgan fingerprint density at radius 3 is 0.917 bits per heavy atom. The lowest BCUT2D eigenvalue weighted by atomic mass is 10.1. The first-order valence-corrected chi connectivity index (χ1v) is 15.6. The molecule has 0 saturated carbocycles. The van der Waals surface area contributed by atoms with Crippen LogP contribution in [-0.4, -0.2) is 21.3 Å². The average molecular weight is 541 g/mol. The zero-order chi connectivity index (χ0) is 25.7. The summed E-state index contributed by atoms with van der Waals surface area (Å²) in [4.78, 5) is 0. The highest BCUT2D eigenvalue weighted by molar-refractivity contribution is 7.98. The van der Waals surface area contributed by atoms with Crippen LogP contribution in [0.4, 0.5) is 0 Å². The number of ether oxygens (including phenoxy) is 3. The number of hydrogen-bond donors (Lipinski definition) is 0. The van der Waals surface area contributed by atoms with E-state index in [1.807, 2.05) is 35.3 Å². The van der Waals surface area contributed by atoms with Gasteiger partial charge in [-0.1, -0.05) is 18.2 Å².